The van der Waals surface area contributed by atoms with E-state index in [1.165, 1.54) is 27.7 Å². The summed E-state index contributed by atoms with van der Waals surface area (Å²) in [5, 5.41) is 7.40. The summed E-state index contributed by atoms with van der Waals surface area (Å²) in [4.78, 5) is 8.96. The van der Waals surface area contributed by atoms with Gasteiger partial charge in [0.15, 0.2) is 0 Å². The summed E-state index contributed by atoms with van der Waals surface area (Å²) in [5.74, 6) is 5.58. The number of fused-ring (bicyclic) bond motifs is 1. The van der Waals surface area contributed by atoms with E-state index in [1.807, 2.05) is 12.3 Å². The van der Waals surface area contributed by atoms with Crippen LogP contribution in [0.25, 0.3) is 16.5 Å². The molecule has 0 amide bonds. The average Bonchev–Trinajstić information content (AvgIpc) is 3.34. The van der Waals surface area contributed by atoms with E-state index < -0.39 is 0 Å². The van der Waals surface area contributed by atoms with E-state index in [1.54, 1.807) is 11.8 Å². The Bertz CT molecular complexity index is 1230. The number of hydrogen-bond donors (Lipinski definition) is 2. The fraction of sp³-hybridized carbons (Fsp3) is 0.290. The van der Waals surface area contributed by atoms with Crippen molar-refractivity contribution < 1.29 is 0 Å². The Kier molecular flexibility index (Phi) is 11.3. The Morgan fingerprint density at radius 2 is 1.81 bits per heavy atom. The number of unbranched alkanes of at least 4 members (excludes halogenated alkanes) is 1. The van der Waals surface area contributed by atoms with E-state index in [0.29, 0.717) is 0 Å². The zero-order chi connectivity index (χ0) is 25.6. The van der Waals surface area contributed by atoms with Crippen LogP contribution in [0.2, 0.25) is 0 Å². The molecule has 0 unspecified atom stereocenters. The summed E-state index contributed by atoms with van der Waals surface area (Å²) in [6.45, 7) is 9.50. The second-order valence-corrected chi connectivity index (χ2v) is 9.84. The number of nitrogens with two attached hydrogens (primary N) is 1. The standard InChI is InChI=1S/C31H38N4S/c1-4-12-28(30-22-34-31-18-11-10-17-29(30)31)25(3)36-23-24(2)13-8-9-16-27(35-32)21-33-20-19-26-14-6-5-7-15-26/h5-7,10-12,14-15,17-18,21-23,34H,3-4,8-9,13,16,19-20,32H2,1-2H3/b24-23+,28-12-,33-21?,35-27?. The van der Waals surface area contributed by atoms with Crippen LogP contribution >= 0.6 is 11.8 Å². The number of allylic oxidation sites excluding steroid dienone is 3. The Morgan fingerprint density at radius 3 is 2.58 bits per heavy atom. The normalized spacial score (nSPS) is 13.1. The topological polar surface area (TPSA) is 66.5 Å². The van der Waals surface area contributed by atoms with Gasteiger partial charge in [0.05, 0.1) is 5.71 Å². The third-order valence-corrected chi connectivity index (χ3v) is 7.05. The van der Waals surface area contributed by atoms with Crippen molar-refractivity contribution in [2.45, 2.75) is 52.4 Å². The zero-order valence-corrected chi connectivity index (χ0v) is 22.4. The van der Waals surface area contributed by atoms with Gasteiger partial charge in [0, 0.05) is 40.3 Å². The van der Waals surface area contributed by atoms with Gasteiger partial charge in [-0.3, -0.25) is 4.99 Å². The van der Waals surface area contributed by atoms with Crippen LogP contribution in [-0.4, -0.2) is 23.5 Å². The zero-order valence-electron chi connectivity index (χ0n) is 21.5. The molecule has 0 bridgehead atoms. The van der Waals surface area contributed by atoms with Crippen LogP contribution < -0.4 is 5.84 Å². The molecule has 1 aromatic heterocycles. The number of thioether (sulfide) groups is 1. The number of rotatable bonds is 14. The minimum absolute atomic E-state index is 0.749. The molecule has 0 saturated heterocycles. The van der Waals surface area contributed by atoms with E-state index in [4.69, 9.17) is 5.84 Å². The maximum absolute atomic E-state index is 5.58. The lowest BCUT2D eigenvalue weighted by atomic mass is 10.0. The summed E-state index contributed by atoms with van der Waals surface area (Å²) in [6, 6.07) is 18.8. The van der Waals surface area contributed by atoms with Crippen molar-refractivity contribution in [3.8, 4) is 0 Å². The van der Waals surface area contributed by atoms with Gasteiger partial charge in [0.2, 0.25) is 0 Å². The first-order chi connectivity index (χ1) is 17.6. The molecule has 188 valence electrons. The minimum Gasteiger partial charge on any atom is -0.361 e. The molecular formula is C31H38N4S. The Morgan fingerprint density at radius 1 is 1.06 bits per heavy atom. The molecule has 0 spiro atoms. The van der Waals surface area contributed by atoms with Gasteiger partial charge < -0.3 is 10.8 Å². The first-order valence-electron chi connectivity index (χ1n) is 12.7. The van der Waals surface area contributed by atoms with Gasteiger partial charge in [-0.15, -0.1) is 0 Å². The van der Waals surface area contributed by atoms with Crippen LogP contribution in [0.15, 0.2) is 99.4 Å². The molecule has 0 aliphatic heterocycles. The van der Waals surface area contributed by atoms with Crippen LogP contribution in [-0.2, 0) is 6.42 Å². The number of hydrazone groups is 1. The van der Waals surface area contributed by atoms with Crippen molar-refractivity contribution >= 4 is 40.2 Å². The van der Waals surface area contributed by atoms with E-state index in [9.17, 15) is 0 Å². The fourth-order valence-electron chi connectivity index (χ4n) is 4.05. The fourth-order valence-corrected chi connectivity index (χ4v) is 4.83. The van der Waals surface area contributed by atoms with Crippen LogP contribution in [0.1, 0.15) is 57.1 Å². The van der Waals surface area contributed by atoms with E-state index in [2.05, 4.69) is 102 Å². The molecule has 5 heteroatoms. The molecule has 4 nitrogen and oxygen atoms in total. The molecular weight excluding hydrogens is 460 g/mol. The van der Waals surface area contributed by atoms with Crippen molar-refractivity contribution in [2.24, 2.45) is 15.9 Å². The number of para-hydroxylation sites is 1. The number of aliphatic imine (C=N–C) groups is 1. The molecule has 0 aliphatic carbocycles. The first-order valence-corrected chi connectivity index (χ1v) is 13.6. The lowest BCUT2D eigenvalue weighted by Crippen LogP contribution is -2.05. The summed E-state index contributed by atoms with van der Waals surface area (Å²) in [5.41, 5.74) is 7.09. The number of H-pyrrole nitrogens is 1. The molecule has 0 saturated carbocycles. The second kappa shape index (κ2) is 14.9. The molecule has 36 heavy (non-hydrogen) atoms. The second-order valence-electron chi connectivity index (χ2n) is 8.88. The Labute approximate surface area is 220 Å². The number of nitrogens with zero attached hydrogens (tertiary/aromatic N) is 2. The van der Waals surface area contributed by atoms with Gasteiger partial charge in [0.25, 0.3) is 0 Å². The summed E-state index contributed by atoms with van der Waals surface area (Å²) in [6.07, 6.45) is 12.1. The maximum Gasteiger partial charge on any atom is 0.0778 e. The number of nitrogens with one attached hydrogen (secondary N) is 1. The first kappa shape index (κ1) is 27.3. The summed E-state index contributed by atoms with van der Waals surface area (Å²) < 4.78 is 0. The largest absolute Gasteiger partial charge is 0.361 e. The van der Waals surface area contributed by atoms with Crippen LogP contribution in [0.4, 0.5) is 0 Å². The van der Waals surface area contributed by atoms with Gasteiger partial charge >= 0.3 is 0 Å². The molecule has 0 radical (unpaired) electrons. The lowest BCUT2D eigenvalue weighted by Gasteiger charge is -2.09. The van der Waals surface area contributed by atoms with Gasteiger partial charge in [-0.1, -0.05) is 85.4 Å². The number of hydrogen-bond acceptors (Lipinski definition) is 4. The van der Waals surface area contributed by atoms with Crippen LogP contribution in [0.3, 0.4) is 0 Å². The number of benzene rings is 2. The van der Waals surface area contributed by atoms with E-state index in [-0.39, 0.29) is 0 Å². The smallest absolute Gasteiger partial charge is 0.0778 e. The Hall–Kier alpha value is -3.31. The monoisotopic (exact) mass is 498 g/mol. The van der Waals surface area contributed by atoms with Gasteiger partial charge in [-0.2, -0.15) is 5.10 Å². The molecule has 0 atom stereocenters. The van der Waals surface area contributed by atoms with E-state index >= 15 is 0 Å². The van der Waals surface area contributed by atoms with Crippen molar-refractivity contribution in [3.05, 3.63) is 100 Å². The molecule has 1 heterocycles. The third-order valence-electron chi connectivity index (χ3n) is 6.02. The van der Waals surface area contributed by atoms with Crippen molar-refractivity contribution in [2.75, 3.05) is 6.54 Å². The molecule has 0 fully saturated rings. The quantitative estimate of drug-likeness (QED) is 0.0771. The highest BCUT2D eigenvalue weighted by molar-refractivity contribution is 8.06. The molecule has 3 aromatic rings. The van der Waals surface area contributed by atoms with Crippen molar-refractivity contribution in [1.29, 1.82) is 0 Å². The van der Waals surface area contributed by atoms with E-state index in [0.717, 1.165) is 61.2 Å². The molecule has 3 N–H and O–H groups in total. The summed E-state index contributed by atoms with van der Waals surface area (Å²) >= 11 is 1.72. The SMILES string of the molecule is C=C(S/C=C(\C)CCCCC(C=NCCc1ccccc1)=NN)/C(=C/CC)c1c[nH]c2ccccc12. The molecule has 0 aliphatic rings. The number of aromatic nitrogens is 1. The van der Waals surface area contributed by atoms with Crippen LogP contribution in [0, 0.1) is 0 Å². The number of aromatic amines is 1. The van der Waals surface area contributed by atoms with Gasteiger partial charge in [0.1, 0.15) is 0 Å². The maximum atomic E-state index is 5.58. The van der Waals surface area contributed by atoms with Gasteiger partial charge in [-0.25, -0.2) is 0 Å². The molecule has 3 rings (SSSR count). The average molecular weight is 499 g/mol. The lowest BCUT2D eigenvalue weighted by molar-refractivity contribution is 0.758. The van der Waals surface area contributed by atoms with Crippen LogP contribution in [0.5, 0.6) is 0 Å². The van der Waals surface area contributed by atoms with Gasteiger partial charge in [-0.05, 0) is 68.1 Å². The minimum atomic E-state index is 0.749. The predicted molar refractivity (Wildman–Crippen MR) is 161 cm³/mol. The Balaban J connectivity index is 1.43. The highest BCUT2D eigenvalue weighted by Crippen LogP contribution is 2.36. The van der Waals surface area contributed by atoms with Crippen molar-refractivity contribution in [3.63, 3.8) is 0 Å². The third kappa shape index (κ3) is 8.42. The molecule has 2 aromatic carbocycles. The van der Waals surface area contributed by atoms with Crippen molar-refractivity contribution in [1.82, 2.24) is 4.98 Å². The highest BCUT2D eigenvalue weighted by Gasteiger charge is 2.11. The highest BCUT2D eigenvalue weighted by atomic mass is 32.2. The predicted octanol–water partition coefficient (Wildman–Crippen LogP) is 8.30. The summed E-state index contributed by atoms with van der Waals surface area (Å²) in [7, 11) is 0.